The van der Waals surface area contributed by atoms with E-state index in [0.717, 1.165) is 24.0 Å². The van der Waals surface area contributed by atoms with E-state index in [-0.39, 0.29) is 65.8 Å². The maximum atomic E-state index is 14.5. The second-order valence-corrected chi connectivity index (χ2v) is 21.0. The van der Waals surface area contributed by atoms with Gasteiger partial charge in [0.05, 0.1) is 48.7 Å². The summed E-state index contributed by atoms with van der Waals surface area (Å²) in [4.78, 5) is 79.6. The molecular formula is C51H80N8O7S. The number of benzene rings is 2. The van der Waals surface area contributed by atoms with E-state index in [2.05, 4.69) is 27.9 Å². The van der Waals surface area contributed by atoms with Gasteiger partial charge in [-0.2, -0.15) is 10.9 Å². The number of hydrogen-bond acceptors (Lipinski definition) is 10. The number of carbonyl (C=O) groups is 5. The lowest BCUT2D eigenvalue weighted by molar-refractivity contribution is -0.148. The first-order chi connectivity index (χ1) is 31.8. The van der Waals surface area contributed by atoms with Crippen LogP contribution in [0.1, 0.15) is 91.3 Å². The molecule has 15 nitrogen and oxygen atoms in total. The maximum Gasteiger partial charge on any atom is 0.270 e. The summed E-state index contributed by atoms with van der Waals surface area (Å²) in [5.41, 5.74) is 10.7. The van der Waals surface area contributed by atoms with Gasteiger partial charge in [-0.15, -0.1) is 0 Å². The summed E-state index contributed by atoms with van der Waals surface area (Å²) < 4.78 is 12.2. The number of likely N-dealkylation sites (N-methyl/N-ethyl adjacent to an activating group) is 2. The number of nitrogens with two attached hydrogens (primary N) is 1. The number of hydrogen-bond donors (Lipinski definition) is 5. The number of nitrogens with one attached hydrogen (secondary N) is 3. The summed E-state index contributed by atoms with van der Waals surface area (Å²) in [6.07, 6.45) is 1.57. The van der Waals surface area contributed by atoms with Crippen LogP contribution in [0.2, 0.25) is 0 Å². The van der Waals surface area contributed by atoms with Gasteiger partial charge in [0, 0.05) is 51.3 Å². The summed E-state index contributed by atoms with van der Waals surface area (Å²) in [6.45, 7) is 14.7. The molecule has 1 saturated heterocycles. The number of amides is 5. The molecule has 2 heterocycles. The van der Waals surface area contributed by atoms with Gasteiger partial charge in [-0.1, -0.05) is 97.4 Å². The highest BCUT2D eigenvalue weighted by Crippen LogP contribution is 2.36. The summed E-state index contributed by atoms with van der Waals surface area (Å²) in [6, 6.07) is 14.9. The number of anilines is 1. The number of nitrogen functional groups attached to an aromatic ring is 1. The van der Waals surface area contributed by atoms with E-state index in [4.69, 9.17) is 15.2 Å². The molecule has 0 radical (unpaired) electrons. The fraction of sp³-hybridized carbons (Fsp3) is 0.608. The average molecular weight is 949 g/mol. The molecule has 0 spiro atoms. The number of aliphatic imine (C=N–C) groups is 1. The normalized spacial score (nSPS) is 20.1. The highest BCUT2D eigenvalue weighted by molar-refractivity contribution is 8.31. The van der Waals surface area contributed by atoms with Crippen LogP contribution in [0.25, 0.3) is 0 Å². The van der Waals surface area contributed by atoms with Gasteiger partial charge in [-0.05, 0) is 79.8 Å². The fourth-order valence-electron chi connectivity index (χ4n) is 9.52. The van der Waals surface area contributed by atoms with Crippen LogP contribution in [0.5, 0.6) is 0 Å². The Morgan fingerprint density at radius 3 is 2.15 bits per heavy atom. The molecule has 0 saturated carbocycles. The van der Waals surface area contributed by atoms with E-state index in [9.17, 15) is 24.0 Å². The van der Waals surface area contributed by atoms with Gasteiger partial charge < -0.3 is 41.0 Å². The van der Waals surface area contributed by atoms with E-state index < -0.39 is 47.1 Å². The predicted molar refractivity (Wildman–Crippen MR) is 271 cm³/mol. The lowest BCUT2D eigenvalue weighted by Crippen LogP contribution is -2.59. The van der Waals surface area contributed by atoms with E-state index in [1.165, 1.54) is 0 Å². The number of rotatable bonds is 25. The highest BCUT2D eigenvalue weighted by atomic mass is 32.2. The topological polar surface area (TPSA) is 188 Å². The Morgan fingerprint density at radius 2 is 1.57 bits per heavy atom. The van der Waals surface area contributed by atoms with Crippen molar-refractivity contribution in [3.8, 4) is 0 Å². The van der Waals surface area contributed by atoms with Gasteiger partial charge in [-0.3, -0.25) is 28.9 Å². The average Bonchev–Trinajstić information content (AvgIpc) is 3.99. The Morgan fingerprint density at radius 1 is 0.896 bits per heavy atom. The van der Waals surface area contributed by atoms with Crippen molar-refractivity contribution < 1.29 is 33.4 Å². The van der Waals surface area contributed by atoms with E-state index in [1.807, 2.05) is 131 Å². The molecule has 2 aromatic carbocycles. The van der Waals surface area contributed by atoms with E-state index in [1.54, 1.807) is 26.2 Å². The van der Waals surface area contributed by atoms with E-state index >= 15 is 0 Å². The fourth-order valence-corrected chi connectivity index (χ4v) is 11.3. The van der Waals surface area contributed by atoms with Gasteiger partial charge in [0.15, 0.2) is 0 Å². The Labute approximate surface area is 402 Å². The molecule has 5 N–H and O–H groups in total. The van der Waals surface area contributed by atoms with Crippen molar-refractivity contribution in [3.63, 3.8) is 0 Å². The Bertz CT molecular complexity index is 1990. The van der Waals surface area contributed by atoms with Crippen molar-refractivity contribution >= 4 is 51.7 Å². The number of likely N-dealkylation sites (tertiary alicyclic amines) is 1. The van der Waals surface area contributed by atoms with Crippen LogP contribution >= 0.6 is 10.9 Å². The van der Waals surface area contributed by atoms with Crippen LogP contribution in [0.15, 0.2) is 70.7 Å². The number of thiol groups is 1. The number of methoxy groups -OCH3 is 2. The quantitative estimate of drug-likeness (QED) is 0.0649. The third kappa shape index (κ3) is 14.9. The molecule has 16 heteroatoms. The van der Waals surface area contributed by atoms with Crippen LogP contribution in [-0.4, -0.2) is 140 Å². The van der Waals surface area contributed by atoms with Gasteiger partial charge in [0.1, 0.15) is 11.7 Å². The molecule has 10 atom stereocenters. The molecule has 0 bridgehead atoms. The Balaban J connectivity index is 1.45. The van der Waals surface area contributed by atoms with Crippen molar-refractivity contribution in [2.45, 2.75) is 123 Å². The van der Waals surface area contributed by atoms with Crippen LogP contribution < -0.4 is 21.7 Å². The second kappa shape index (κ2) is 26.1. The number of carbonyl (C=O) groups excluding carboxylic acids is 5. The molecule has 2 aliphatic heterocycles. The Kier molecular flexibility index (Phi) is 21.4. The zero-order valence-electron chi connectivity index (χ0n) is 42.0. The maximum absolute atomic E-state index is 14.5. The second-order valence-electron chi connectivity index (χ2n) is 19.1. The first kappa shape index (κ1) is 54.8. The van der Waals surface area contributed by atoms with Crippen LogP contribution in [-0.2, 0) is 39.9 Å². The highest BCUT2D eigenvalue weighted by Gasteiger charge is 2.43. The van der Waals surface area contributed by atoms with Gasteiger partial charge in [0.25, 0.3) is 5.91 Å². The molecule has 0 aliphatic carbocycles. The molecule has 0 aromatic heterocycles. The molecule has 4 rings (SSSR count). The SMILES string of the molecule is CC[C@H](C)[C@@H]([C@@H](CC(=O)N1CCC[C@H]1[C@H](OC)[C@H](C)C(=O)NC(C[SH]1C=NC(C(=O)NCCc2ccc(N)cc2)=C1)c1ccccc1)OC)N(C)C(=O)[C@@H](NC(=O)[C@H](C(C)C)N(C)C)C(C)C. The van der Waals surface area contributed by atoms with Crippen molar-refractivity contribution in [3.05, 3.63) is 76.8 Å². The number of nitrogens with zero attached hydrogens (tertiary/aromatic N) is 4. The van der Waals surface area contributed by atoms with E-state index in [0.29, 0.717) is 43.1 Å². The van der Waals surface area contributed by atoms with Crippen molar-refractivity contribution in [1.82, 2.24) is 30.7 Å². The van der Waals surface area contributed by atoms with Gasteiger partial charge >= 0.3 is 0 Å². The first-order valence-corrected chi connectivity index (χ1v) is 25.6. The molecule has 2 aliphatic rings. The largest absolute Gasteiger partial charge is 0.399 e. The lowest BCUT2D eigenvalue weighted by atomic mass is 9.89. The number of ether oxygens (including phenoxy) is 2. The van der Waals surface area contributed by atoms with Gasteiger partial charge in [0.2, 0.25) is 23.6 Å². The minimum Gasteiger partial charge on any atom is -0.399 e. The summed E-state index contributed by atoms with van der Waals surface area (Å²) in [7, 11) is 7.64. The third-order valence-corrected chi connectivity index (χ3v) is 15.2. The van der Waals surface area contributed by atoms with Crippen molar-refractivity contribution in [2.75, 3.05) is 59.9 Å². The molecule has 1 fully saturated rings. The zero-order chi connectivity index (χ0) is 49.5. The smallest absolute Gasteiger partial charge is 0.270 e. The Hall–Kier alpha value is -4.77. The lowest BCUT2D eigenvalue weighted by Gasteiger charge is -2.41. The third-order valence-electron chi connectivity index (χ3n) is 13.4. The predicted octanol–water partition coefficient (Wildman–Crippen LogP) is 5.32. The van der Waals surface area contributed by atoms with Crippen LogP contribution in [0, 0.1) is 23.7 Å². The monoisotopic (exact) mass is 949 g/mol. The minimum atomic E-state index is -0.970. The molecule has 5 amide bonds. The first-order valence-electron chi connectivity index (χ1n) is 23.9. The molecule has 2 aromatic rings. The zero-order valence-corrected chi connectivity index (χ0v) is 42.9. The molecule has 372 valence electrons. The standard InChI is InChI=1S/C51H80N8O7S/c1-13-34(6)46(58(10)51(64)44(32(2)3)56-50(63)45(33(4)5)57(8)9)42(65-11)28-43(60)59-27-17-20-41(59)47(66-12)35(7)48(61)55-39(37-18-15-14-16-19-37)29-67-30-40(54-31-67)49(62)53-26-25-36-21-23-38(52)24-22-36/h14-16,18-19,21-24,30-35,39,41-42,44-47,67H,13,17,20,25-29,52H2,1-12H3,(H,53,62)(H,55,61)(H,56,63)/t34-,35-,39?,41-,42+,44-,45-,46-,47+/m0/s1. The summed E-state index contributed by atoms with van der Waals surface area (Å²) in [5.74, 6) is -1.30. The van der Waals surface area contributed by atoms with Gasteiger partial charge in [-0.25, -0.2) is 4.99 Å². The molecule has 67 heavy (non-hydrogen) atoms. The van der Waals surface area contributed by atoms with Crippen LogP contribution in [0.4, 0.5) is 5.69 Å². The van der Waals surface area contributed by atoms with Crippen LogP contribution in [0.3, 0.4) is 0 Å². The molecule has 2 unspecified atom stereocenters. The molecular weight excluding hydrogens is 869 g/mol. The van der Waals surface area contributed by atoms with Crippen molar-refractivity contribution in [2.24, 2.45) is 28.7 Å². The summed E-state index contributed by atoms with van der Waals surface area (Å²) >= 11 is 0. The summed E-state index contributed by atoms with van der Waals surface area (Å²) in [5, 5.41) is 11.2. The minimum absolute atomic E-state index is 0.0166. The van der Waals surface area contributed by atoms with Crippen molar-refractivity contribution in [1.29, 1.82) is 0 Å².